The third-order valence-electron chi connectivity index (χ3n) is 5.27. The van der Waals surface area contributed by atoms with Gasteiger partial charge >= 0.3 is 6.09 Å². The highest BCUT2D eigenvalue weighted by Crippen LogP contribution is 2.15. The second-order valence-electron chi connectivity index (χ2n) is 7.29. The van der Waals surface area contributed by atoms with Crippen molar-refractivity contribution in [3.05, 3.63) is 24.3 Å². The molecule has 0 spiro atoms. The van der Waals surface area contributed by atoms with Crippen LogP contribution in [-0.2, 0) is 14.3 Å². The fraction of sp³-hybridized carbons (Fsp3) is 0.650. The topological polar surface area (TPSA) is 105 Å². The maximum Gasteiger partial charge on any atom is 0.409 e. The van der Waals surface area contributed by atoms with Gasteiger partial charge in [-0.25, -0.2) is 9.78 Å². The van der Waals surface area contributed by atoms with Crippen LogP contribution >= 0.6 is 0 Å². The lowest BCUT2D eigenvalue weighted by atomic mass is 10.2. The van der Waals surface area contributed by atoms with E-state index in [9.17, 15) is 14.4 Å². The number of carbonyl (C=O) groups excluding carboxylic acids is 3. The van der Waals surface area contributed by atoms with Crippen LogP contribution in [0.2, 0.25) is 0 Å². The molecule has 2 aliphatic rings. The first kappa shape index (κ1) is 21.9. The molecule has 1 aromatic rings. The van der Waals surface area contributed by atoms with Crippen molar-refractivity contribution in [3.63, 3.8) is 0 Å². The SMILES string of the molecule is CCOC(=O)N1CCN(C(=O)CCN(C[C@@H]2CCCO2)C(=O)c2cnccn2)CC1. The molecule has 10 heteroatoms. The van der Waals surface area contributed by atoms with Crippen LogP contribution in [0.1, 0.15) is 36.7 Å². The Labute approximate surface area is 176 Å². The third kappa shape index (κ3) is 5.88. The first-order valence-corrected chi connectivity index (χ1v) is 10.4. The van der Waals surface area contributed by atoms with Crippen LogP contribution in [0.15, 0.2) is 18.6 Å². The Morgan fingerprint density at radius 3 is 2.60 bits per heavy atom. The molecule has 0 bridgehead atoms. The van der Waals surface area contributed by atoms with Crippen LogP contribution < -0.4 is 0 Å². The van der Waals surface area contributed by atoms with E-state index in [1.165, 1.54) is 18.6 Å². The lowest BCUT2D eigenvalue weighted by Gasteiger charge is -2.34. The number of nitrogens with zero attached hydrogens (tertiary/aromatic N) is 5. The number of aromatic nitrogens is 2. The van der Waals surface area contributed by atoms with Gasteiger partial charge in [-0.15, -0.1) is 0 Å². The van der Waals surface area contributed by atoms with Gasteiger partial charge in [0.15, 0.2) is 0 Å². The normalized spacial score (nSPS) is 18.9. The number of hydrogen-bond acceptors (Lipinski definition) is 7. The average Bonchev–Trinajstić information content (AvgIpc) is 3.30. The van der Waals surface area contributed by atoms with Crippen LogP contribution in [0.25, 0.3) is 0 Å². The summed E-state index contributed by atoms with van der Waals surface area (Å²) in [6, 6.07) is 0. The van der Waals surface area contributed by atoms with E-state index in [2.05, 4.69) is 9.97 Å². The van der Waals surface area contributed by atoms with Crippen molar-refractivity contribution in [2.75, 3.05) is 52.5 Å². The second kappa shape index (κ2) is 10.9. The van der Waals surface area contributed by atoms with Gasteiger partial charge in [0.2, 0.25) is 5.91 Å². The van der Waals surface area contributed by atoms with E-state index in [-0.39, 0.29) is 42.7 Å². The molecule has 2 fully saturated rings. The summed E-state index contributed by atoms with van der Waals surface area (Å²) in [6.45, 7) is 5.32. The zero-order valence-electron chi connectivity index (χ0n) is 17.4. The summed E-state index contributed by atoms with van der Waals surface area (Å²) in [6.07, 6.45) is 6.14. The summed E-state index contributed by atoms with van der Waals surface area (Å²) in [5, 5.41) is 0. The average molecular weight is 419 g/mol. The van der Waals surface area contributed by atoms with Gasteiger partial charge in [0.1, 0.15) is 5.69 Å². The van der Waals surface area contributed by atoms with E-state index in [0.29, 0.717) is 45.9 Å². The summed E-state index contributed by atoms with van der Waals surface area (Å²) in [5.74, 6) is -0.290. The fourth-order valence-electron chi connectivity index (χ4n) is 3.62. The molecule has 0 saturated carbocycles. The van der Waals surface area contributed by atoms with Gasteiger partial charge in [0.25, 0.3) is 5.91 Å². The largest absolute Gasteiger partial charge is 0.450 e. The van der Waals surface area contributed by atoms with Gasteiger partial charge in [-0.1, -0.05) is 0 Å². The molecule has 0 radical (unpaired) electrons. The number of amides is 3. The van der Waals surface area contributed by atoms with Crippen LogP contribution in [0.5, 0.6) is 0 Å². The summed E-state index contributed by atoms with van der Waals surface area (Å²) >= 11 is 0. The molecule has 0 aromatic carbocycles. The van der Waals surface area contributed by atoms with Crippen molar-refractivity contribution >= 4 is 17.9 Å². The summed E-state index contributed by atoms with van der Waals surface area (Å²) in [4.78, 5) is 50.4. The van der Waals surface area contributed by atoms with Gasteiger partial charge in [-0.05, 0) is 19.8 Å². The Balaban J connectivity index is 1.53. The number of hydrogen-bond donors (Lipinski definition) is 0. The minimum Gasteiger partial charge on any atom is -0.450 e. The van der Waals surface area contributed by atoms with Crippen molar-refractivity contribution < 1.29 is 23.9 Å². The van der Waals surface area contributed by atoms with Crippen LogP contribution in [0.4, 0.5) is 4.79 Å². The molecule has 164 valence electrons. The van der Waals surface area contributed by atoms with Crippen molar-refractivity contribution in [2.45, 2.75) is 32.3 Å². The summed E-state index contributed by atoms with van der Waals surface area (Å²) < 4.78 is 10.7. The molecule has 10 nitrogen and oxygen atoms in total. The Morgan fingerprint density at radius 2 is 1.97 bits per heavy atom. The first-order chi connectivity index (χ1) is 14.6. The Hall–Kier alpha value is -2.75. The molecule has 2 aliphatic heterocycles. The molecule has 0 aliphatic carbocycles. The number of ether oxygens (including phenoxy) is 2. The van der Waals surface area contributed by atoms with E-state index in [1.54, 1.807) is 21.6 Å². The summed E-state index contributed by atoms with van der Waals surface area (Å²) in [7, 11) is 0. The van der Waals surface area contributed by atoms with Crippen molar-refractivity contribution in [1.82, 2.24) is 24.7 Å². The molecule has 1 atom stereocenters. The zero-order chi connectivity index (χ0) is 21.3. The number of rotatable bonds is 7. The molecule has 1 aromatic heterocycles. The van der Waals surface area contributed by atoms with Gasteiger partial charge < -0.3 is 24.2 Å². The van der Waals surface area contributed by atoms with Crippen LogP contribution in [0.3, 0.4) is 0 Å². The standard InChI is InChI=1S/C20H29N5O5/c1-2-29-20(28)24-11-9-23(10-12-24)18(26)5-8-25(15-16-4-3-13-30-16)19(27)17-14-21-6-7-22-17/h6-7,14,16H,2-5,8-13,15H2,1H3/t16-/m0/s1. The third-order valence-corrected chi connectivity index (χ3v) is 5.27. The molecule has 3 amide bonds. The Kier molecular flexibility index (Phi) is 7.95. The van der Waals surface area contributed by atoms with E-state index >= 15 is 0 Å². The predicted molar refractivity (Wildman–Crippen MR) is 107 cm³/mol. The predicted octanol–water partition coefficient (Wildman–Crippen LogP) is 0.789. The van der Waals surface area contributed by atoms with Crippen LogP contribution in [-0.4, -0.2) is 101 Å². The smallest absolute Gasteiger partial charge is 0.409 e. The van der Waals surface area contributed by atoms with E-state index in [1.807, 2.05) is 0 Å². The van der Waals surface area contributed by atoms with Crippen LogP contribution in [0, 0.1) is 0 Å². The highest BCUT2D eigenvalue weighted by molar-refractivity contribution is 5.92. The minimum absolute atomic E-state index is 0.0196. The van der Waals surface area contributed by atoms with Crippen molar-refractivity contribution in [1.29, 1.82) is 0 Å². The molecule has 3 rings (SSSR count). The fourth-order valence-corrected chi connectivity index (χ4v) is 3.62. The first-order valence-electron chi connectivity index (χ1n) is 10.4. The highest BCUT2D eigenvalue weighted by atomic mass is 16.6. The molecule has 3 heterocycles. The van der Waals surface area contributed by atoms with Gasteiger partial charge in [0, 0.05) is 64.7 Å². The molecule has 30 heavy (non-hydrogen) atoms. The number of piperazine rings is 1. The quantitative estimate of drug-likeness (QED) is 0.643. The molecule has 0 N–H and O–H groups in total. The molecular weight excluding hydrogens is 390 g/mol. The van der Waals surface area contributed by atoms with Gasteiger partial charge in [0.05, 0.1) is 18.9 Å². The Morgan fingerprint density at radius 1 is 1.20 bits per heavy atom. The molecule has 0 unspecified atom stereocenters. The maximum atomic E-state index is 12.9. The second-order valence-corrected chi connectivity index (χ2v) is 7.29. The van der Waals surface area contributed by atoms with E-state index in [4.69, 9.17) is 9.47 Å². The molecule has 2 saturated heterocycles. The molecular formula is C20H29N5O5. The summed E-state index contributed by atoms with van der Waals surface area (Å²) in [5.41, 5.74) is 0.256. The van der Waals surface area contributed by atoms with E-state index in [0.717, 1.165) is 12.8 Å². The van der Waals surface area contributed by atoms with Crippen molar-refractivity contribution in [2.24, 2.45) is 0 Å². The lowest BCUT2D eigenvalue weighted by molar-refractivity contribution is -0.133. The van der Waals surface area contributed by atoms with E-state index < -0.39 is 0 Å². The monoisotopic (exact) mass is 419 g/mol. The van der Waals surface area contributed by atoms with Gasteiger partial charge in [-0.2, -0.15) is 0 Å². The highest BCUT2D eigenvalue weighted by Gasteiger charge is 2.27. The minimum atomic E-state index is -0.345. The van der Waals surface area contributed by atoms with Crippen molar-refractivity contribution in [3.8, 4) is 0 Å². The maximum absolute atomic E-state index is 12.9. The van der Waals surface area contributed by atoms with Gasteiger partial charge in [-0.3, -0.25) is 14.6 Å². The zero-order valence-corrected chi connectivity index (χ0v) is 17.4. The lowest BCUT2D eigenvalue weighted by Crippen LogP contribution is -2.51. The number of carbonyl (C=O) groups is 3. The Bertz CT molecular complexity index is 718.